The molecule has 0 bridgehead atoms. The lowest BCUT2D eigenvalue weighted by atomic mass is 9.73. The van der Waals surface area contributed by atoms with Gasteiger partial charge in [-0.2, -0.15) is 0 Å². The Bertz CT molecular complexity index is 427. The monoisotopic (exact) mass is 333 g/mol. The molecule has 2 nitrogen and oxygen atoms in total. The molecule has 0 radical (unpaired) electrons. The number of allylic oxidation sites excluding steroid dienone is 4. The van der Waals surface area contributed by atoms with Gasteiger partial charge in [-0.05, 0) is 62.2 Å². The fourth-order valence-electron chi connectivity index (χ4n) is 5.32. The van der Waals surface area contributed by atoms with E-state index < -0.39 is 0 Å². The van der Waals surface area contributed by atoms with E-state index in [1.54, 1.807) is 11.1 Å². The molecule has 0 unspecified atom stereocenters. The zero-order chi connectivity index (χ0) is 17.9. The summed E-state index contributed by atoms with van der Waals surface area (Å²) in [7, 11) is 0. The molecule has 0 aromatic heterocycles. The molecule has 2 rings (SSSR count). The van der Waals surface area contributed by atoms with Crippen LogP contribution in [0.25, 0.3) is 0 Å². The Labute approximate surface area is 150 Å². The second-order valence-electron chi connectivity index (χ2n) is 8.92. The summed E-state index contributed by atoms with van der Waals surface area (Å²) in [5, 5.41) is 9.58. The van der Waals surface area contributed by atoms with Crippen LogP contribution in [0.1, 0.15) is 54.4 Å². The molecule has 2 heteroatoms. The normalized spacial score (nSPS) is 37.3. The molecule has 24 heavy (non-hydrogen) atoms. The number of aliphatic hydroxyl groups excluding tert-OH is 1. The third-order valence-corrected chi connectivity index (χ3v) is 6.55. The lowest BCUT2D eigenvalue weighted by Gasteiger charge is -2.41. The Morgan fingerprint density at radius 1 is 0.875 bits per heavy atom. The van der Waals surface area contributed by atoms with E-state index in [-0.39, 0.29) is 6.61 Å². The van der Waals surface area contributed by atoms with E-state index in [9.17, 15) is 5.11 Å². The zero-order valence-electron chi connectivity index (χ0n) is 16.8. The minimum atomic E-state index is 0.273. The van der Waals surface area contributed by atoms with Gasteiger partial charge in [-0.25, -0.2) is 0 Å². The second kappa shape index (κ2) is 8.67. The standard InChI is InChI=1S/C22H39NO/c1-15-9-17(3)21(18(4)10-15)13-23(7-8-24)14-22-19(5)11-16(2)12-20(22)6/h9,11,17-22,24H,7-8,10,12-14H2,1-6H3/t17-,18-,19-,20+,21-,22-/m0/s1. The van der Waals surface area contributed by atoms with Crippen LogP contribution < -0.4 is 0 Å². The highest BCUT2D eigenvalue weighted by molar-refractivity contribution is 5.10. The number of rotatable bonds is 6. The van der Waals surface area contributed by atoms with Crippen molar-refractivity contribution < 1.29 is 5.11 Å². The quantitative estimate of drug-likeness (QED) is 0.709. The van der Waals surface area contributed by atoms with E-state index in [1.807, 2.05) is 0 Å². The van der Waals surface area contributed by atoms with Crippen LogP contribution in [0.2, 0.25) is 0 Å². The van der Waals surface area contributed by atoms with Gasteiger partial charge in [0.1, 0.15) is 0 Å². The lowest BCUT2D eigenvalue weighted by Crippen LogP contribution is -2.43. The van der Waals surface area contributed by atoms with Crippen molar-refractivity contribution in [3.05, 3.63) is 23.3 Å². The van der Waals surface area contributed by atoms with Crippen LogP contribution in [0.3, 0.4) is 0 Å². The van der Waals surface area contributed by atoms with Crippen LogP contribution in [0.5, 0.6) is 0 Å². The molecule has 0 fully saturated rings. The maximum atomic E-state index is 9.58. The Kier molecular flexibility index (Phi) is 7.12. The average molecular weight is 334 g/mol. The van der Waals surface area contributed by atoms with Crippen LogP contribution in [0.4, 0.5) is 0 Å². The van der Waals surface area contributed by atoms with Crippen molar-refractivity contribution in [3.63, 3.8) is 0 Å². The van der Waals surface area contributed by atoms with Gasteiger partial charge in [0.25, 0.3) is 0 Å². The lowest BCUT2D eigenvalue weighted by molar-refractivity contribution is 0.0960. The van der Waals surface area contributed by atoms with Crippen LogP contribution in [-0.4, -0.2) is 36.2 Å². The Morgan fingerprint density at radius 2 is 1.29 bits per heavy atom. The minimum Gasteiger partial charge on any atom is -0.395 e. The van der Waals surface area contributed by atoms with Gasteiger partial charge in [0, 0.05) is 19.6 Å². The number of nitrogens with zero attached hydrogens (tertiary/aromatic N) is 1. The third-order valence-electron chi connectivity index (χ3n) is 6.55. The highest BCUT2D eigenvalue weighted by Gasteiger charge is 2.32. The van der Waals surface area contributed by atoms with Gasteiger partial charge in [0.2, 0.25) is 0 Å². The van der Waals surface area contributed by atoms with Crippen molar-refractivity contribution in [2.24, 2.45) is 35.5 Å². The maximum absolute atomic E-state index is 9.58. The molecular weight excluding hydrogens is 294 g/mol. The summed E-state index contributed by atoms with van der Waals surface area (Å²) in [6.07, 6.45) is 7.42. The van der Waals surface area contributed by atoms with Crippen LogP contribution >= 0.6 is 0 Å². The third kappa shape index (κ3) is 4.95. The predicted octanol–water partition coefficient (Wildman–Crippen LogP) is 4.76. The molecule has 0 amide bonds. The van der Waals surface area contributed by atoms with Crippen LogP contribution in [0, 0.1) is 35.5 Å². The van der Waals surface area contributed by atoms with Crippen molar-refractivity contribution in [1.82, 2.24) is 4.90 Å². The van der Waals surface area contributed by atoms with Gasteiger partial charge in [-0.3, -0.25) is 0 Å². The van der Waals surface area contributed by atoms with E-state index in [2.05, 4.69) is 58.6 Å². The van der Waals surface area contributed by atoms with E-state index >= 15 is 0 Å². The van der Waals surface area contributed by atoms with Gasteiger partial charge in [0.15, 0.2) is 0 Å². The van der Waals surface area contributed by atoms with Gasteiger partial charge >= 0.3 is 0 Å². The largest absolute Gasteiger partial charge is 0.395 e. The van der Waals surface area contributed by atoms with Crippen molar-refractivity contribution in [1.29, 1.82) is 0 Å². The molecule has 0 spiro atoms. The van der Waals surface area contributed by atoms with Crippen LogP contribution in [0.15, 0.2) is 23.3 Å². The Morgan fingerprint density at radius 3 is 1.62 bits per heavy atom. The molecule has 2 aliphatic rings. The number of aliphatic hydroxyl groups is 1. The molecule has 0 aliphatic heterocycles. The van der Waals surface area contributed by atoms with Crippen molar-refractivity contribution in [2.75, 3.05) is 26.2 Å². The topological polar surface area (TPSA) is 23.5 Å². The molecule has 6 atom stereocenters. The highest BCUT2D eigenvalue weighted by Crippen LogP contribution is 2.36. The first kappa shape index (κ1) is 19.7. The van der Waals surface area contributed by atoms with E-state index in [1.165, 1.54) is 12.8 Å². The average Bonchev–Trinajstić information content (AvgIpc) is 2.46. The van der Waals surface area contributed by atoms with Crippen molar-refractivity contribution in [2.45, 2.75) is 54.4 Å². The first-order chi connectivity index (χ1) is 11.3. The Balaban J connectivity index is 2.04. The van der Waals surface area contributed by atoms with Crippen LogP contribution in [-0.2, 0) is 0 Å². The van der Waals surface area contributed by atoms with E-state index in [4.69, 9.17) is 0 Å². The molecule has 0 saturated heterocycles. The molecule has 1 N–H and O–H groups in total. The summed E-state index contributed by atoms with van der Waals surface area (Å²) < 4.78 is 0. The second-order valence-corrected chi connectivity index (χ2v) is 8.92. The maximum Gasteiger partial charge on any atom is 0.0558 e. The zero-order valence-corrected chi connectivity index (χ0v) is 16.8. The Hall–Kier alpha value is -0.600. The molecule has 2 aliphatic carbocycles. The SMILES string of the molecule is CC1=C[C@H](C)[C@H](CN(CCO)C[C@H]2[C@@H](C)C=C(C)C[C@@H]2C)[C@H](C)C1. The van der Waals surface area contributed by atoms with E-state index in [0.29, 0.717) is 23.7 Å². The smallest absolute Gasteiger partial charge is 0.0558 e. The summed E-state index contributed by atoms with van der Waals surface area (Å²) in [4.78, 5) is 2.55. The molecule has 0 aromatic carbocycles. The first-order valence-corrected chi connectivity index (χ1v) is 9.99. The number of hydrogen-bond acceptors (Lipinski definition) is 2. The number of hydrogen-bond donors (Lipinski definition) is 1. The van der Waals surface area contributed by atoms with Crippen molar-refractivity contribution in [3.8, 4) is 0 Å². The summed E-state index contributed by atoms with van der Waals surface area (Å²) in [5.74, 6) is 4.22. The van der Waals surface area contributed by atoms with Gasteiger partial charge < -0.3 is 10.0 Å². The van der Waals surface area contributed by atoms with Gasteiger partial charge in [-0.15, -0.1) is 0 Å². The van der Waals surface area contributed by atoms with Crippen molar-refractivity contribution >= 4 is 0 Å². The fraction of sp³-hybridized carbons (Fsp3) is 0.818. The molecular formula is C22H39NO. The summed E-state index contributed by atoms with van der Waals surface area (Å²) in [6.45, 7) is 17.5. The summed E-state index contributed by atoms with van der Waals surface area (Å²) >= 11 is 0. The first-order valence-electron chi connectivity index (χ1n) is 9.99. The summed E-state index contributed by atoms with van der Waals surface area (Å²) in [6, 6.07) is 0. The molecule has 0 heterocycles. The molecule has 0 aromatic rings. The summed E-state index contributed by atoms with van der Waals surface area (Å²) in [5.41, 5.74) is 3.10. The van der Waals surface area contributed by atoms with Gasteiger partial charge in [0.05, 0.1) is 6.61 Å². The molecule has 0 saturated carbocycles. The van der Waals surface area contributed by atoms with Gasteiger partial charge in [-0.1, -0.05) is 51.0 Å². The van der Waals surface area contributed by atoms with E-state index in [0.717, 1.165) is 31.5 Å². The fourth-order valence-corrected chi connectivity index (χ4v) is 5.32. The predicted molar refractivity (Wildman–Crippen MR) is 104 cm³/mol. The highest BCUT2D eigenvalue weighted by atomic mass is 16.3. The minimum absolute atomic E-state index is 0.273. The molecule has 138 valence electrons.